The van der Waals surface area contributed by atoms with E-state index >= 15 is 0 Å². The summed E-state index contributed by atoms with van der Waals surface area (Å²) < 4.78 is 10.5. The van der Waals surface area contributed by atoms with Gasteiger partial charge in [0.2, 0.25) is 0 Å². The van der Waals surface area contributed by atoms with Crippen molar-refractivity contribution in [3.05, 3.63) is 114 Å². The third-order valence-electron chi connectivity index (χ3n) is 6.49. The Hall–Kier alpha value is -3.70. The number of nitrogens with zero attached hydrogens (tertiary/aromatic N) is 1. The first-order chi connectivity index (χ1) is 16.6. The minimum atomic E-state index is -1.49. The fraction of sp³-hybridized carbons (Fsp3) is 0.241. The summed E-state index contributed by atoms with van der Waals surface area (Å²) in [5.74, 6) is -1.16. The van der Waals surface area contributed by atoms with E-state index in [0.29, 0.717) is 6.54 Å². The Morgan fingerprint density at radius 2 is 1.38 bits per heavy atom. The summed E-state index contributed by atoms with van der Waals surface area (Å²) in [6.07, 6.45) is 4.36. The summed E-state index contributed by atoms with van der Waals surface area (Å²) in [5, 5.41) is 0. The molecule has 34 heavy (non-hydrogen) atoms. The molecule has 1 aliphatic heterocycles. The van der Waals surface area contributed by atoms with Gasteiger partial charge in [0.05, 0.1) is 20.3 Å². The summed E-state index contributed by atoms with van der Waals surface area (Å²) in [5.41, 5.74) is 1.51. The second-order valence-corrected chi connectivity index (χ2v) is 8.47. The van der Waals surface area contributed by atoms with Crippen molar-refractivity contribution >= 4 is 18.0 Å². The third-order valence-corrected chi connectivity index (χ3v) is 6.49. The summed E-state index contributed by atoms with van der Waals surface area (Å²) in [4.78, 5) is 28.9. The van der Waals surface area contributed by atoms with Crippen molar-refractivity contribution in [2.45, 2.75) is 25.0 Å². The number of hydrogen-bond donors (Lipinski definition) is 0. The van der Waals surface area contributed by atoms with Crippen LogP contribution in [0.3, 0.4) is 0 Å². The highest BCUT2D eigenvalue weighted by molar-refractivity contribution is 6.01. The van der Waals surface area contributed by atoms with Crippen LogP contribution in [-0.2, 0) is 25.6 Å². The van der Waals surface area contributed by atoms with Crippen LogP contribution in [0, 0.1) is 5.41 Å². The summed E-state index contributed by atoms with van der Waals surface area (Å²) in [6, 6.07) is 28.9. The first kappa shape index (κ1) is 23.5. The van der Waals surface area contributed by atoms with Gasteiger partial charge >= 0.3 is 11.9 Å². The average Bonchev–Trinajstić information content (AvgIpc) is 3.22. The Balaban J connectivity index is 1.86. The van der Waals surface area contributed by atoms with Gasteiger partial charge in [0, 0.05) is 12.6 Å². The van der Waals surface area contributed by atoms with E-state index in [1.54, 1.807) is 0 Å². The lowest BCUT2D eigenvalue weighted by molar-refractivity contribution is -0.171. The molecule has 4 rings (SSSR count). The number of ether oxygens (including phenoxy) is 2. The van der Waals surface area contributed by atoms with Crippen LogP contribution in [0.5, 0.6) is 0 Å². The van der Waals surface area contributed by atoms with Crippen molar-refractivity contribution in [3.63, 3.8) is 0 Å². The summed E-state index contributed by atoms with van der Waals surface area (Å²) >= 11 is 0. The lowest BCUT2D eigenvalue weighted by Gasteiger charge is -2.35. The van der Waals surface area contributed by atoms with Gasteiger partial charge in [-0.1, -0.05) is 103 Å². The SMILES string of the molecule is COC(=O)C1(C(=O)OC)C[C@H](/C=C/c2ccccc2)N(Cc2ccccc2)[C@@H]1c1ccccc1. The maximum atomic E-state index is 13.4. The molecule has 174 valence electrons. The topological polar surface area (TPSA) is 55.8 Å². The van der Waals surface area contributed by atoms with Crippen molar-refractivity contribution in [2.24, 2.45) is 5.41 Å². The minimum Gasteiger partial charge on any atom is -0.468 e. The molecule has 1 heterocycles. The van der Waals surface area contributed by atoms with E-state index in [4.69, 9.17) is 9.47 Å². The molecule has 0 N–H and O–H groups in total. The molecule has 5 nitrogen and oxygen atoms in total. The second kappa shape index (κ2) is 10.5. The van der Waals surface area contributed by atoms with Gasteiger partial charge in [0.25, 0.3) is 0 Å². The number of esters is 2. The van der Waals surface area contributed by atoms with Crippen LogP contribution in [0.2, 0.25) is 0 Å². The number of likely N-dealkylation sites (tertiary alicyclic amines) is 1. The van der Waals surface area contributed by atoms with Gasteiger partial charge in [0.1, 0.15) is 0 Å². The maximum Gasteiger partial charge on any atom is 0.325 e. The highest BCUT2D eigenvalue weighted by atomic mass is 16.5. The number of methoxy groups -OCH3 is 2. The molecule has 0 saturated carbocycles. The van der Waals surface area contributed by atoms with Crippen LogP contribution in [-0.4, -0.2) is 37.1 Å². The van der Waals surface area contributed by atoms with Crippen molar-refractivity contribution in [1.29, 1.82) is 0 Å². The first-order valence-electron chi connectivity index (χ1n) is 11.3. The van der Waals surface area contributed by atoms with Crippen molar-refractivity contribution < 1.29 is 19.1 Å². The molecule has 0 spiro atoms. The van der Waals surface area contributed by atoms with Gasteiger partial charge in [-0.25, -0.2) is 0 Å². The van der Waals surface area contributed by atoms with E-state index < -0.39 is 23.4 Å². The zero-order valence-corrected chi connectivity index (χ0v) is 19.5. The van der Waals surface area contributed by atoms with Gasteiger partial charge in [-0.3, -0.25) is 14.5 Å². The van der Waals surface area contributed by atoms with Crippen LogP contribution in [0.1, 0.15) is 29.2 Å². The quantitative estimate of drug-likeness (QED) is 0.369. The predicted molar refractivity (Wildman–Crippen MR) is 132 cm³/mol. The van der Waals surface area contributed by atoms with E-state index in [1.165, 1.54) is 14.2 Å². The molecule has 1 aliphatic rings. The van der Waals surface area contributed by atoms with E-state index in [-0.39, 0.29) is 12.5 Å². The fourth-order valence-electron chi connectivity index (χ4n) is 4.95. The first-order valence-corrected chi connectivity index (χ1v) is 11.3. The molecule has 0 radical (unpaired) electrons. The van der Waals surface area contributed by atoms with Crippen molar-refractivity contribution in [2.75, 3.05) is 14.2 Å². The molecule has 1 saturated heterocycles. The highest BCUT2D eigenvalue weighted by Crippen LogP contribution is 2.52. The van der Waals surface area contributed by atoms with Gasteiger partial charge in [-0.05, 0) is 23.1 Å². The number of hydrogen-bond acceptors (Lipinski definition) is 5. The van der Waals surface area contributed by atoms with Crippen LogP contribution in [0.15, 0.2) is 97.1 Å². The molecular weight excluding hydrogens is 426 g/mol. The van der Waals surface area contributed by atoms with Gasteiger partial charge < -0.3 is 9.47 Å². The largest absolute Gasteiger partial charge is 0.468 e. The number of benzene rings is 3. The molecule has 3 aromatic carbocycles. The fourth-order valence-corrected chi connectivity index (χ4v) is 4.95. The number of carbonyl (C=O) groups excluding carboxylic acids is 2. The smallest absolute Gasteiger partial charge is 0.325 e. The van der Waals surface area contributed by atoms with E-state index in [2.05, 4.69) is 23.1 Å². The number of carbonyl (C=O) groups is 2. The third kappa shape index (κ3) is 4.52. The van der Waals surface area contributed by atoms with Gasteiger partial charge in [0.15, 0.2) is 5.41 Å². The Labute approximate surface area is 200 Å². The Morgan fingerprint density at radius 1 is 0.853 bits per heavy atom. The van der Waals surface area contributed by atoms with Gasteiger partial charge in [-0.15, -0.1) is 0 Å². The molecule has 0 aromatic heterocycles. The normalized spacial score (nSPS) is 19.7. The minimum absolute atomic E-state index is 0.205. The van der Waals surface area contributed by atoms with Crippen LogP contribution in [0.4, 0.5) is 0 Å². The lowest BCUT2D eigenvalue weighted by atomic mass is 9.76. The molecule has 5 heteroatoms. The Kier molecular flexibility index (Phi) is 7.24. The summed E-state index contributed by atoms with van der Waals surface area (Å²) in [7, 11) is 2.65. The zero-order valence-electron chi connectivity index (χ0n) is 19.5. The number of rotatable bonds is 7. The lowest BCUT2D eigenvalue weighted by Crippen LogP contribution is -2.45. The molecule has 3 aromatic rings. The highest BCUT2D eigenvalue weighted by Gasteiger charge is 2.63. The molecule has 1 fully saturated rings. The molecule has 2 atom stereocenters. The predicted octanol–water partition coefficient (Wildman–Crippen LogP) is 5.05. The monoisotopic (exact) mass is 455 g/mol. The van der Waals surface area contributed by atoms with Crippen LogP contribution < -0.4 is 0 Å². The Bertz CT molecular complexity index is 1110. The van der Waals surface area contributed by atoms with Crippen molar-refractivity contribution in [1.82, 2.24) is 4.90 Å². The molecule has 0 amide bonds. The second-order valence-electron chi connectivity index (χ2n) is 8.47. The molecule has 0 unspecified atom stereocenters. The van der Waals surface area contributed by atoms with Gasteiger partial charge in [-0.2, -0.15) is 0 Å². The average molecular weight is 456 g/mol. The van der Waals surface area contributed by atoms with E-state index in [9.17, 15) is 9.59 Å². The summed E-state index contributed by atoms with van der Waals surface area (Å²) in [6.45, 7) is 0.555. The zero-order chi connectivity index (χ0) is 24.0. The Morgan fingerprint density at radius 3 is 1.94 bits per heavy atom. The standard InChI is InChI=1S/C29H29NO4/c1-33-27(31)29(28(32)34-2)20-25(19-18-22-12-6-3-7-13-22)30(21-23-14-8-4-9-15-23)26(29)24-16-10-5-11-17-24/h3-19,25-26H,20-21H2,1-2H3/b19-18+/t25-,26+/m0/s1. The van der Waals surface area contributed by atoms with E-state index in [1.807, 2.05) is 84.9 Å². The van der Waals surface area contributed by atoms with Crippen LogP contribution in [0.25, 0.3) is 6.08 Å². The van der Waals surface area contributed by atoms with Crippen molar-refractivity contribution in [3.8, 4) is 0 Å². The molecular formula is C29H29NO4. The van der Waals surface area contributed by atoms with Crippen LogP contribution >= 0.6 is 0 Å². The maximum absolute atomic E-state index is 13.4. The van der Waals surface area contributed by atoms with E-state index in [0.717, 1.165) is 16.7 Å². The molecule has 0 bridgehead atoms. The molecule has 0 aliphatic carbocycles.